The Morgan fingerprint density at radius 3 is 1.25 bits per heavy atom. The monoisotopic (exact) mass is 965 g/mol. The molecule has 0 bridgehead atoms. The predicted molar refractivity (Wildman–Crippen MR) is 288 cm³/mol. The van der Waals surface area contributed by atoms with Gasteiger partial charge in [0.2, 0.25) is 5.91 Å². The summed E-state index contributed by atoms with van der Waals surface area (Å²) < 4.78 is 23.3. The summed E-state index contributed by atoms with van der Waals surface area (Å²) >= 11 is 0. The molecule has 0 aliphatic carbocycles. The van der Waals surface area contributed by atoms with Gasteiger partial charge < -0.3 is 28.8 Å². The number of aliphatic hydroxyl groups is 1. The number of aliphatic hydroxyl groups excluding tert-OH is 1. The van der Waals surface area contributed by atoms with Gasteiger partial charge in [-0.15, -0.1) is 0 Å². The van der Waals surface area contributed by atoms with E-state index in [0.29, 0.717) is 23.9 Å². The average molecular weight is 966 g/mol. The molecule has 0 heterocycles. The zero-order valence-electron chi connectivity index (χ0n) is 45.1. The van der Waals surface area contributed by atoms with Gasteiger partial charge in [0.05, 0.1) is 39.9 Å². The topological polar surface area (TPSA) is 108 Å². The SMILES string of the molecule is CCCCCCC/C=C\C/C=C\C/C=C\CCCCCCCCCCCCCCCCCCCCCCCCC(=O)NC(COP(=O)([O-])OCC[N+](C)(C)C)C(O)CCCCCCCCCC. The van der Waals surface area contributed by atoms with E-state index in [2.05, 4.69) is 55.6 Å². The molecule has 1 amide bonds. The summed E-state index contributed by atoms with van der Waals surface area (Å²) in [5, 5.41) is 13.9. The number of carbonyl (C=O) groups is 1. The number of nitrogens with zero attached hydrogens (tertiary/aromatic N) is 1. The second-order valence-electron chi connectivity index (χ2n) is 21.0. The highest BCUT2D eigenvalue weighted by atomic mass is 31.2. The molecular formula is C58H113N2O6P. The van der Waals surface area contributed by atoms with Crippen molar-refractivity contribution in [1.29, 1.82) is 0 Å². The van der Waals surface area contributed by atoms with Crippen LogP contribution in [0.4, 0.5) is 0 Å². The van der Waals surface area contributed by atoms with Gasteiger partial charge in [-0.1, -0.05) is 256 Å². The molecule has 0 saturated carbocycles. The van der Waals surface area contributed by atoms with Gasteiger partial charge in [-0.05, 0) is 51.4 Å². The van der Waals surface area contributed by atoms with E-state index in [-0.39, 0.29) is 19.1 Å². The molecule has 396 valence electrons. The van der Waals surface area contributed by atoms with Crippen LogP contribution in [0.5, 0.6) is 0 Å². The van der Waals surface area contributed by atoms with Crippen LogP contribution in [0.3, 0.4) is 0 Å². The fraction of sp³-hybridized carbons (Fsp3) is 0.879. The Labute approximate surface area is 417 Å². The highest BCUT2D eigenvalue weighted by Crippen LogP contribution is 2.38. The Kier molecular flexibility index (Phi) is 48.7. The molecule has 0 radical (unpaired) electrons. The van der Waals surface area contributed by atoms with E-state index in [1.807, 2.05) is 21.1 Å². The van der Waals surface area contributed by atoms with Crippen molar-refractivity contribution in [3.63, 3.8) is 0 Å². The maximum atomic E-state index is 12.9. The molecule has 0 aromatic rings. The third-order valence-corrected chi connectivity index (χ3v) is 14.1. The number of allylic oxidation sites excluding steroid dienone is 6. The highest BCUT2D eigenvalue weighted by molar-refractivity contribution is 7.45. The van der Waals surface area contributed by atoms with Crippen molar-refractivity contribution in [2.75, 3.05) is 40.9 Å². The lowest BCUT2D eigenvalue weighted by atomic mass is 10.0. The zero-order chi connectivity index (χ0) is 49.2. The Morgan fingerprint density at radius 2 is 0.866 bits per heavy atom. The Balaban J connectivity index is 3.80. The molecular weight excluding hydrogens is 852 g/mol. The summed E-state index contributed by atoms with van der Waals surface area (Å²) in [5.41, 5.74) is 0. The third kappa shape index (κ3) is 52.4. The van der Waals surface area contributed by atoms with Crippen LogP contribution >= 0.6 is 7.82 Å². The number of amides is 1. The minimum absolute atomic E-state index is 0.0135. The third-order valence-electron chi connectivity index (χ3n) is 13.1. The summed E-state index contributed by atoms with van der Waals surface area (Å²) in [6, 6.07) is -0.796. The van der Waals surface area contributed by atoms with E-state index < -0.39 is 20.0 Å². The minimum atomic E-state index is -4.56. The Morgan fingerprint density at radius 1 is 0.522 bits per heavy atom. The lowest BCUT2D eigenvalue weighted by molar-refractivity contribution is -0.870. The molecule has 0 aliphatic heterocycles. The summed E-state index contributed by atoms with van der Waals surface area (Å²) in [4.78, 5) is 25.3. The van der Waals surface area contributed by atoms with Crippen LogP contribution in [-0.4, -0.2) is 68.5 Å². The number of unbranched alkanes of at least 4 members (excludes halogenated alkanes) is 34. The van der Waals surface area contributed by atoms with E-state index in [4.69, 9.17) is 9.05 Å². The van der Waals surface area contributed by atoms with Crippen LogP contribution in [0.25, 0.3) is 0 Å². The van der Waals surface area contributed by atoms with E-state index in [9.17, 15) is 19.4 Å². The summed E-state index contributed by atoms with van der Waals surface area (Å²) in [6.45, 7) is 4.69. The van der Waals surface area contributed by atoms with Crippen molar-refractivity contribution >= 4 is 13.7 Å². The molecule has 0 aromatic heterocycles. The van der Waals surface area contributed by atoms with E-state index in [0.717, 1.165) is 51.4 Å². The van der Waals surface area contributed by atoms with Gasteiger partial charge in [0.15, 0.2) is 0 Å². The second kappa shape index (κ2) is 49.7. The van der Waals surface area contributed by atoms with E-state index in [1.54, 1.807) is 0 Å². The number of hydrogen-bond donors (Lipinski definition) is 2. The van der Waals surface area contributed by atoms with Crippen LogP contribution in [0.1, 0.15) is 277 Å². The fourth-order valence-corrected chi connectivity index (χ4v) is 9.30. The number of nitrogens with one attached hydrogen (secondary N) is 1. The molecule has 67 heavy (non-hydrogen) atoms. The van der Waals surface area contributed by atoms with Gasteiger partial charge in [-0.2, -0.15) is 0 Å². The number of likely N-dealkylation sites (N-methyl/N-ethyl adjacent to an activating group) is 1. The average Bonchev–Trinajstić information content (AvgIpc) is 3.29. The number of quaternary nitrogens is 1. The van der Waals surface area contributed by atoms with E-state index in [1.165, 1.54) is 199 Å². The molecule has 0 rings (SSSR count). The number of carbonyl (C=O) groups excluding carboxylic acids is 1. The number of phosphoric ester groups is 1. The van der Waals surface area contributed by atoms with Gasteiger partial charge in [0.1, 0.15) is 13.2 Å². The predicted octanol–water partition coefficient (Wildman–Crippen LogP) is 16.7. The number of rotatable bonds is 53. The number of hydrogen-bond acceptors (Lipinski definition) is 6. The summed E-state index contributed by atoms with van der Waals surface area (Å²) in [5.74, 6) is -0.164. The molecule has 2 N–H and O–H groups in total. The largest absolute Gasteiger partial charge is 0.756 e. The molecule has 8 nitrogen and oxygen atoms in total. The molecule has 3 atom stereocenters. The molecule has 3 unspecified atom stereocenters. The first kappa shape index (κ1) is 65.7. The fourth-order valence-electron chi connectivity index (χ4n) is 8.58. The smallest absolute Gasteiger partial charge is 0.268 e. The van der Waals surface area contributed by atoms with Gasteiger partial charge in [0.25, 0.3) is 7.82 Å². The van der Waals surface area contributed by atoms with Gasteiger partial charge >= 0.3 is 0 Å². The molecule has 0 aromatic carbocycles. The molecule has 0 aliphatic rings. The van der Waals surface area contributed by atoms with Crippen LogP contribution in [0.15, 0.2) is 36.5 Å². The first-order valence-electron chi connectivity index (χ1n) is 28.8. The normalized spacial score (nSPS) is 14.2. The highest BCUT2D eigenvalue weighted by Gasteiger charge is 2.24. The molecule has 9 heteroatoms. The van der Waals surface area contributed by atoms with E-state index >= 15 is 0 Å². The van der Waals surface area contributed by atoms with Crippen LogP contribution in [-0.2, 0) is 18.4 Å². The molecule has 0 spiro atoms. The molecule has 0 fully saturated rings. The van der Waals surface area contributed by atoms with Crippen LogP contribution < -0.4 is 10.2 Å². The lowest BCUT2D eigenvalue weighted by Crippen LogP contribution is -2.46. The summed E-state index contributed by atoms with van der Waals surface area (Å²) in [7, 11) is 1.31. The standard InChI is InChI=1S/C58H113N2O6P/c1-6-8-10-12-14-16-17-18-19-20-21-22-23-24-25-26-27-28-29-30-31-32-33-34-35-36-37-38-39-40-41-42-43-44-46-48-50-52-58(62)59-56(55-66-67(63,64)65-54-53-60(3,4)5)57(61)51-49-47-45-15-13-11-9-7-2/h17-18,20-21,23-24,56-57,61H,6-16,19,22,25-55H2,1-5H3,(H-,59,62,63,64)/b18-17-,21-20-,24-23-. The lowest BCUT2D eigenvalue weighted by Gasteiger charge is -2.30. The second-order valence-corrected chi connectivity index (χ2v) is 22.4. The Bertz CT molecular complexity index is 1190. The first-order valence-corrected chi connectivity index (χ1v) is 30.3. The van der Waals surface area contributed by atoms with Crippen molar-refractivity contribution < 1.29 is 32.9 Å². The van der Waals surface area contributed by atoms with Gasteiger partial charge in [-0.25, -0.2) is 0 Å². The summed E-state index contributed by atoms with van der Waals surface area (Å²) in [6.07, 6.45) is 63.6. The van der Waals surface area contributed by atoms with Crippen molar-refractivity contribution in [3.8, 4) is 0 Å². The van der Waals surface area contributed by atoms with Crippen LogP contribution in [0.2, 0.25) is 0 Å². The van der Waals surface area contributed by atoms with Crippen molar-refractivity contribution in [2.45, 2.75) is 289 Å². The maximum Gasteiger partial charge on any atom is 0.268 e. The van der Waals surface area contributed by atoms with Crippen molar-refractivity contribution in [2.24, 2.45) is 0 Å². The minimum Gasteiger partial charge on any atom is -0.756 e. The number of phosphoric acid groups is 1. The van der Waals surface area contributed by atoms with Crippen molar-refractivity contribution in [1.82, 2.24) is 5.32 Å². The quantitative estimate of drug-likeness (QED) is 0.0272. The Hall–Kier alpha value is -1.28. The molecule has 0 saturated heterocycles. The van der Waals surface area contributed by atoms with Crippen LogP contribution in [0, 0.1) is 0 Å². The van der Waals surface area contributed by atoms with Gasteiger partial charge in [0, 0.05) is 6.42 Å². The van der Waals surface area contributed by atoms with Gasteiger partial charge in [-0.3, -0.25) is 9.36 Å². The first-order chi connectivity index (χ1) is 32.5. The maximum absolute atomic E-state index is 12.9. The zero-order valence-corrected chi connectivity index (χ0v) is 46.0. The van der Waals surface area contributed by atoms with Crippen molar-refractivity contribution in [3.05, 3.63) is 36.5 Å².